The van der Waals surface area contributed by atoms with Crippen LogP contribution >= 0.6 is 0 Å². The molecule has 0 aromatic rings. The first-order valence-electron chi connectivity index (χ1n) is 10.5. The maximum atomic E-state index is 11.7. The average Bonchev–Trinajstić information content (AvgIpc) is 2.61. The van der Waals surface area contributed by atoms with Crippen LogP contribution in [0.5, 0.6) is 0 Å². The van der Waals surface area contributed by atoms with Crippen LogP contribution in [0.2, 0.25) is 0 Å². The van der Waals surface area contributed by atoms with E-state index < -0.39 is 0 Å². The molecular formula is C21H40O4. The molecule has 0 radical (unpaired) electrons. The van der Waals surface area contributed by atoms with Crippen LogP contribution in [0.3, 0.4) is 0 Å². The molecule has 0 amide bonds. The smallest absolute Gasteiger partial charge is 0.306 e. The van der Waals surface area contributed by atoms with Gasteiger partial charge in [0.2, 0.25) is 0 Å². The van der Waals surface area contributed by atoms with Gasteiger partial charge in [-0.15, -0.1) is 0 Å². The number of esters is 2. The molecule has 0 aliphatic heterocycles. The van der Waals surface area contributed by atoms with Gasteiger partial charge in [-0.3, -0.25) is 9.59 Å². The molecule has 0 N–H and O–H groups in total. The molecule has 25 heavy (non-hydrogen) atoms. The predicted octanol–water partition coefficient (Wildman–Crippen LogP) is 5.96. The molecule has 0 aromatic carbocycles. The fourth-order valence-corrected chi connectivity index (χ4v) is 2.79. The maximum Gasteiger partial charge on any atom is 0.306 e. The second-order valence-corrected chi connectivity index (χ2v) is 6.86. The van der Waals surface area contributed by atoms with Crippen LogP contribution in [0.15, 0.2) is 0 Å². The number of hydrogen-bond donors (Lipinski definition) is 0. The van der Waals surface area contributed by atoms with Crippen LogP contribution in [0.1, 0.15) is 111 Å². The van der Waals surface area contributed by atoms with Gasteiger partial charge >= 0.3 is 11.9 Å². The van der Waals surface area contributed by atoms with E-state index in [1.54, 1.807) is 0 Å². The van der Waals surface area contributed by atoms with Crippen LogP contribution in [-0.2, 0) is 19.1 Å². The molecule has 4 heteroatoms. The Labute approximate surface area is 155 Å². The van der Waals surface area contributed by atoms with Gasteiger partial charge in [-0.25, -0.2) is 0 Å². The summed E-state index contributed by atoms with van der Waals surface area (Å²) in [6.45, 7) is 6.78. The van der Waals surface area contributed by atoms with Crippen molar-refractivity contribution in [3.05, 3.63) is 0 Å². The van der Waals surface area contributed by atoms with Crippen molar-refractivity contribution in [1.29, 1.82) is 0 Å². The standard InChI is InChI=1S/C21H40O4/c1-4-7-8-9-10-11-12-13-14-18-24-20(22)16-17-21(23)25-19(6-3)15-5-2/h19H,4-18H2,1-3H3. The molecule has 4 nitrogen and oxygen atoms in total. The van der Waals surface area contributed by atoms with E-state index >= 15 is 0 Å². The molecule has 0 aliphatic carbocycles. The monoisotopic (exact) mass is 356 g/mol. The maximum absolute atomic E-state index is 11.7. The van der Waals surface area contributed by atoms with Crippen molar-refractivity contribution in [3.63, 3.8) is 0 Å². The predicted molar refractivity (Wildman–Crippen MR) is 102 cm³/mol. The van der Waals surface area contributed by atoms with Crippen molar-refractivity contribution >= 4 is 11.9 Å². The zero-order valence-corrected chi connectivity index (χ0v) is 16.8. The molecule has 0 spiro atoms. The van der Waals surface area contributed by atoms with Crippen molar-refractivity contribution in [1.82, 2.24) is 0 Å². The second kappa shape index (κ2) is 17.8. The summed E-state index contributed by atoms with van der Waals surface area (Å²) in [4.78, 5) is 23.3. The van der Waals surface area contributed by atoms with E-state index in [1.807, 2.05) is 6.92 Å². The minimum Gasteiger partial charge on any atom is -0.466 e. The summed E-state index contributed by atoms with van der Waals surface area (Å²) in [5.74, 6) is -0.583. The number of unbranched alkanes of at least 4 members (excludes halogenated alkanes) is 8. The van der Waals surface area contributed by atoms with Crippen LogP contribution in [0, 0.1) is 0 Å². The van der Waals surface area contributed by atoms with Crippen LogP contribution in [0.4, 0.5) is 0 Å². The first-order chi connectivity index (χ1) is 12.1. The molecule has 0 heterocycles. The van der Waals surface area contributed by atoms with Gasteiger partial charge in [-0.2, -0.15) is 0 Å². The summed E-state index contributed by atoms with van der Waals surface area (Å²) in [6, 6.07) is 0. The first-order valence-corrected chi connectivity index (χ1v) is 10.5. The first kappa shape index (κ1) is 23.9. The van der Waals surface area contributed by atoms with Crippen molar-refractivity contribution in [2.24, 2.45) is 0 Å². The Morgan fingerprint density at radius 2 is 1.28 bits per heavy atom. The van der Waals surface area contributed by atoms with Gasteiger partial charge in [-0.1, -0.05) is 78.6 Å². The summed E-state index contributed by atoms with van der Waals surface area (Å²) < 4.78 is 10.5. The van der Waals surface area contributed by atoms with Gasteiger partial charge in [0.05, 0.1) is 19.4 Å². The Bertz CT molecular complexity index is 328. The molecule has 1 atom stereocenters. The van der Waals surface area contributed by atoms with Gasteiger partial charge in [0.1, 0.15) is 6.10 Å². The fraction of sp³-hybridized carbons (Fsp3) is 0.905. The minimum atomic E-state index is -0.292. The van der Waals surface area contributed by atoms with Crippen LogP contribution in [-0.4, -0.2) is 24.6 Å². The van der Waals surface area contributed by atoms with E-state index in [9.17, 15) is 9.59 Å². The highest BCUT2D eigenvalue weighted by molar-refractivity contribution is 5.77. The third kappa shape index (κ3) is 16.2. The quantitative estimate of drug-likeness (QED) is 0.238. The minimum absolute atomic E-state index is 0.0181. The van der Waals surface area contributed by atoms with Crippen LogP contribution in [0.25, 0.3) is 0 Å². The van der Waals surface area contributed by atoms with Gasteiger partial charge in [0.25, 0.3) is 0 Å². The van der Waals surface area contributed by atoms with Gasteiger partial charge in [0, 0.05) is 0 Å². The number of rotatable bonds is 17. The third-order valence-corrected chi connectivity index (χ3v) is 4.41. The Morgan fingerprint density at radius 1 is 0.720 bits per heavy atom. The molecule has 0 saturated heterocycles. The molecule has 0 saturated carbocycles. The number of carbonyl (C=O) groups excluding carboxylic acids is 2. The summed E-state index contributed by atoms with van der Waals surface area (Å²) in [6.07, 6.45) is 14.1. The summed E-state index contributed by atoms with van der Waals surface area (Å²) in [7, 11) is 0. The largest absolute Gasteiger partial charge is 0.466 e. The topological polar surface area (TPSA) is 52.6 Å². The highest BCUT2D eigenvalue weighted by atomic mass is 16.5. The Kier molecular flexibility index (Phi) is 17.0. The Balaban J connectivity index is 3.47. The highest BCUT2D eigenvalue weighted by Gasteiger charge is 2.13. The lowest BCUT2D eigenvalue weighted by Crippen LogP contribution is -2.18. The zero-order valence-electron chi connectivity index (χ0n) is 16.8. The lowest BCUT2D eigenvalue weighted by Gasteiger charge is -2.15. The normalized spacial score (nSPS) is 12.0. The van der Waals surface area contributed by atoms with Crippen LogP contribution < -0.4 is 0 Å². The van der Waals surface area contributed by atoms with E-state index in [-0.39, 0.29) is 30.9 Å². The molecule has 148 valence electrons. The van der Waals surface area contributed by atoms with Gasteiger partial charge in [0.15, 0.2) is 0 Å². The summed E-state index contributed by atoms with van der Waals surface area (Å²) in [5.41, 5.74) is 0. The third-order valence-electron chi connectivity index (χ3n) is 4.41. The van der Waals surface area contributed by atoms with E-state index in [1.165, 1.54) is 44.9 Å². The summed E-state index contributed by atoms with van der Waals surface area (Å²) >= 11 is 0. The van der Waals surface area contributed by atoms with Gasteiger partial charge < -0.3 is 9.47 Å². The van der Waals surface area contributed by atoms with E-state index in [0.717, 1.165) is 32.1 Å². The number of carbonyl (C=O) groups is 2. The van der Waals surface area contributed by atoms with Crippen molar-refractivity contribution in [3.8, 4) is 0 Å². The summed E-state index contributed by atoms with van der Waals surface area (Å²) in [5, 5.41) is 0. The molecule has 0 aromatic heterocycles. The second-order valence-electron chi connectivity index (χ2n) is 6.86. The number of ether oxygens (including phenoxy) is 2. The average molecular weight is 357 g/mol. The van der Waals surface area contributed by atoms with E-state index in [4.69, 9.17) is 9.47 Å². The molecule has 0 bridgehead atoms. The zero-order chi connectivity index (χ0) is 18.8. The van der Waals surface area contributed by atoms with E-state index in [2.05, 4.69) is 13.8 Å². The fourth-order valence-electron chi connectivity index (χ4n) is 2.79. The van der Waals surface area contributed by atoms with Crippen molar-refractivity contribution in [2.45, 2.75) is 117 Å². The molecular weight excluding hydrogens is 316 g/mol. The Hall–Kier alpha value is -1.06. The molecule has 0 rings (SSSR count). The highest BCUT2D eigenvalue weighted by Crippen LogP contribution is 2.10. The lowest BCUT2D eigenvalue weighted by atomic mass is 10.1. The van der Waals surface area contributed by atoms with E-state index in [0.29, 0.717) is 6.61 Å². The van der Waals surface area contributed by atoms with Gasteiger partial charge in [-0.05, 0) is 19.3 Å². The Morgan fingerprint density at radius 3 is 1.84 bits per heavy atom. The molecule has 0 aliphatic rings. The van der Waals surface area contributed by atoms with Crippen molar-refractivity contribution < 1.29 is 19.1 Å². The molecule has 0 fully saturated rings. The SMILES string of the molecule is CCCCCCCCCCCOC(=O)CCC(=O)OC(CC)CCC. The number of hydrogen-bond acceptors (Lipinski definition) is 4. The lowest BCUT2D eigenvalue weighted by molar-refractivity contribution is -0.154. The van der Waals surface area contributed by atoms with Crippen molar-refractivity contribution in [2.75, 3.05) is 6.61 Å². The molecule has 1 unspecified atom stereocenters.